The van der Waals surface area contributed by atoms with Crippen LogP contribution in [0, 0.1) is 12.3 Å². The second-order valence-electron chi connectivity index (χ2n) is 3.24. The van der Waals surface area contributed by atoms with Crippen molar-refractivity contribution in [3.8, 4) is 12.3 Å². The lowest BCUT2D eigenvalue weighted by molar-refractivity contribution is -0.115. The molecule has 1 aromatic rings. The van der Waals surface area contributed by atoms with Crippen LogP contribution in [0.5, 0.6) is 0 Å². The van der Waals surface area contributed by atoms with Gasteiger partial charge in [-0.05, 0) is 18.4 Å². The van der Waals surface area contributed by atoms with Crippen molar-refractivity contribution in [2.24, 2.45) is 0 Å². The van der Waals surface area contributed by atoms with Crippen molar-refractivity contribution in [3.63, 3.8) is 0 Å². The summed E-state index contributed by atoms with van der Waals surface area (Å²) in [5.41, 5.74) is 0.368. The molecule has 0 aliphatic rings. The summed E-state index contributed by atoms with van der Waals surface area (Å²) in [7, 11) is 0. The Hall–Kier alpha value is -1.84. The largest absolute Gasteiger partial charge is 0.462 e. The monoisotopic (exact) mass is 266 g/mol. The van der Waals surface area contributed by atoms with Gasteiger partial charge >= 0.3 is 5.97 Å². The molecule has 0 bridgehead atoms. The Balaban J connectivity index is 2.57. The van der Waals surface area contributed by atoms with Crippen LogP contribution in [0.1, 0.15) is 17.3 Å². The van der Waals surface area contributed by atoms with E-state index >= 15 is 0 Å². The van der Waals surface area contributed by atoms with E-state index in [9.17, 15) is 9.59 Å². The van der Waals surface area contributed by atoms with Gasteiger partial charge in [-0.2, -0.15) is 0 Å². The fraction of sp³-hybridized carbons (Fsp3) is 0.333. The molecule has 0 saturated heterocycles. The minimum Gasteiger partial charge on any atom is -0.462 e. The van der Waals surface area contributed by atoms with Gasteiger partial charge in [0.25, 0.3) is 0 Å². The molecule has 0 saturated carbocycles. The maximum atomic E-state index is 11.6. The fourth-order valence-electron chi connectivity index (χ4n) is 1.19. The molecule has 1 heterocycles. The number of nitrogens with one attached hydrogen (secondary N) is 2. The highest BCUT2D eigenvalue weighted by molar-refractivity contribution is 7.14. The van der Waals surface area contributed by atoms with Crippen LogP contribution in [0.25, 0.3) is 0 Å². The quantitative estimate of drug-likeness (QED) is 0.459. The Labute approximate surface area is 110 Å². The number of thiophene rings is 1. The van der Waals surface area contributed by atoms with Crippen molar-refractivity contribution in [2.75, 3.05) is 25.0 Å². The van der Waals surface area contributed by atoms with Crippen LogP contribution in [0.15, 0.2) is 11.4 Å². The average molecular weight is 266 g/mol. The molecule has 0 aliphatic carbocycles. The lowest BCUT2D eigenvalue weighted by Gasteiger charge is -2.06. The van der Waals surface area contributed by atoms with E-state index in [0.717, 1.165) is 0 Å². The topological polar surface area (TPSA) is 67.4 Å². The van der Waals surface area contributed by atoms with E-state index in [0.29, 0.717) is 23.7 Å². The van der Waals surface area contributed by atoms with Crippen molar-refractivity contribution in [3.05, 3.63) is 17.0 Å². The van der Waals surface area contributed by atoms with Crippen molar-refractivity contribution < 1.29 is 14.3 Å². The second kappa shape index (κ2) is 7.48. The highest BCUT2D eigenvalue weighted by Gasteiger charge is 2.15. The van der Waals surface area contributed by atoms with Gasteiger partial charge < -0.3 is 10.1 Å². The molecule has 96 valence electrons. The van der Waals surface area contributed by atoms with E-state index in [-0.39, 0.29) is 12.5 Å². The second-order valence-corrected chi connectivity index (χ2v) is 4.16. The highest BCUT2D eigenvalue weighted by atomic mass is 32.1. The molecule has 0 atom stereocenters. The normalized spacial score (nSPS) is 9.56. The van der Waals surface area contributed by atoms with Gasteiger partial charge in [0.05, 0.1) is 25.3 Å². The number of amides is 1. The van der Waals surface area contributed by atoms with Crippen molar-refractivity contribution in [2.45, 2.75) is 6.92 Å². The highest BCUT2D eigenvalue weighted by Crippen LogP contribution is 2.23. The standard InChI is InChI=1S/C12H14N2O3S/c1-3-6-13-8-10(15)14-11-9(5-7-18-11)12(16)17-4-2/h1,5,7,13H,4,6,8H2,2H3,(H,14,15). The Morgan fingerprint density at radius 2 is 2.33 bits per heavy atom. The first-order chi connectivity index (χ1) is 8.69. The molecule has 0 aromatic carbocycles. The van der Waals surface area contributed by atoms with E-state index in [2.05, 4.69) is 16.6 Å². The molecular formula is C12H14N2O3S. The lowest BCUT2D eigenvalue weighted by Crippen LogP contribution is -2.28. The number of ether oxygens (including phenoxy) is 1. The minimum absolute atomic E-state index is 0.102. The molecule has 1 aromatic heterocycles. The molecular weight excluding hydrogens is 252 g/mol. The van der Waals surface area contributed by atoms with Crippen molar-refractivity contribution in [1.82, 2.24) is 5.32 Å². The van der Waals surface area contributed by atoms with Gasteiger partial charge in [0.1, 0.15) is 5.00 Å². The van der Waals surface area contributed by atoms with Crippen LogP contribution in [0.2, 0.25) is 0 Å². The summed E-state index contributed by atoms with van der Waals surface area (Å²) >= 11 is 1.27. The number of hydrogen-bond acceptors (Lipinski definition) is 5. The first-order valence-corrected chi connectivity index (χ1v) is 6.25. The van der Waals surface area contributed by atoms with E-state index < -0.39 is 5.97 Å². The predicted molar refractivity (Wildman–Crippen MR) is 70.6 cm³/mol. The first-order valence-electron chi connectivity index (χ1n) is 5.37. The summed E-state index contributed by atoms with van der Waals surface area (Å²) in [4.78, 5) is 23.1. The number of hydrogen-bond donors (Lipinski definition) is 2. The molecule has 0 fully saturated rings. The zero-order chi connectivity index (χ0) is 13.4. The predicted octanol–water partition coefficient (Wildman–Crippen LogP) is 1.09. The first kappa shape index (κ1) is 14.2. The summed E-state index contributed by atoms with van der Waals surface area (Å²) in [6.45, 7) is 2.45. The van der Waals surface area contributed by atoms with Crippen LogP contribution in [0.3, 0.4) is 0 Å². The Bertz CT molecular complexity index is 462. The summed E-state index contributed by atoms with van der Waals surface area (Å²) in [6, 6.07) is 1.62. The van der Waals surface area contributed by atoms with Crippen LogP contribution < -0.4 is 10.6 Å². The fourth-order valence-corrected chi connectivity index (χ4v) is 1.99. The number of esters is 1. The van der Waals surface area contributed by atoms with E-state index in [4.69, 9.17) is 11.2 Å². The van der Waals surface area contributed by atoms with Crippen LogP contribution in [-0.2, 0) is 9.53 Å². The molecule has 0 spiro atoms. The smallest absolute Gasteiger partial charge is 0.341 e. The number of anilines is 1. The third-order valence-corrected chi connectivity index (χ3v) is 2.76. The lowest BCUT2D eigenvalue weighted by atomic mass is 10.3. The van der Waals surface area contributed by atoms with Gasteiger partial charge in [-0.15, -0.1) is 17.8 Å². The minimum atomic E-state index is -0.439. The summed E-state index contributed by atoms with van der Waals surface area (Å²) in [5, 5.41) is 7.60. The number of rotatable bonds is 6. The van der Waals surface area contributed by atoms with E-state index in [1.54, 1.807) is 18.4 Å². The molecule has 5 nitrogen and oxygen atoms in total. The molecule has 0 aliphatic heterocycles. The molecule has 6 heteroatoms. The number of carbonyl (C=O) groups excluding carboxylic acids is 2. The maximum absolute atomic E-state index is 11.6. The molecule has 0 radical (unpaired) electrons. The van der Waals surface area contributed by atoms with E-state index in [1.807, 2.05) is 0 Å². The van der Waals surface area contributed by atoms with Gasteiger partial charge in [0.15, 0.2) is 0 Å². The van der Waals surface area contributed by atoms with Crippen LogP contribution >= 0.6 is 11.3 Å². The molecule has 2 N–H and O–H groups in total. The Morgan fingerprint density at radius 3 is 3.00 bits per heavy atom. The number of carbonyl (C=O) groups is 2. The molecule has 1 rings (SSSR count). The zero-order valence-corrected chi connectivity index (χ0v) is 10.8. The molecule has 0 unspecified atom stereocenters. The molecule has 18 heavy (non-hydrogen) atoms. The zero-order valence-electron chi connectivity index (χ0n) is 9.99. The van der Waals surface area contributed by atoms with Crippen LogP contribution in [-0.4, -0.2) is 31.6 Å². The van der Waals surface area contributed by atoms with Gasteiger partial charge in [-0.1, -0.05) is 5.92 Å². The van der Waals surface area contributed by atoms with Gasteiger partial charge in [0.2, 0.25) is 5.91 Å². The van der Waals surface area contributed by atoms with Crippen molar-refractivity contribution >= 4 is 28.2 Å². The SMILES string of the molecule is C#CCNCC(=O)Nc1sccc1C(=O)OCC. The van der Waals surface area contributed by atoms with Gasteiger partial charge in [-0.25, -0.2) is 4.79 Å². The van der Waals surface area contributed by atoms with Gasteiger partial charge in [0, 0.05) is 0 Å². The third kappa shape index (κ3) is 4.20. The van der Waals surface area contributed by atoms with Crippen molar-refractivity contribution in [1.29, 1.82) is 0 Å². The maximum Gasteiger partial charge on any atom is 0.341 e. The third-order valence-electron chi connectivity index (χ3n) is 1.93. The average Bonchev–Trinajstić information content (AvgIpc) is 2.78. The molecule has 1 amide bonds. The Kier molecular flexibility index (Phi) is 5.91. The summed E-state index contributed by atoms with van der Waals surface area (Å²) in [5.74, 6) is 1.67. The van der Waals surface area contributed by atoms with Gasteiger partial charge in [-0.3, -0.25) is 10.1 Å². The number of terminal acetylenes is 1. The summed E-state index contributed by atoms with van der Waals surface area (Å²) < 4.78 is 4.88. The Morgan fingerprint density at radius 1 is 1.56 bits per heavy atom. The summed E-state index contributed by atoms with van der Waals surface area (Å²) in [6.07, 6.45) is 5.04. The van der Waals surface area contributed by atoms with Crippen LogP contribution in [0.4, 0.5) is 5.00 Å². The van der Waals surface area contributed by atoms with E-state index in [1.165, 1.54) is 11.3 Å².